The third-order valence-electron chi connectivity index (χ3n) is 4.80. The van der Waals surface area contributed by atoms with Crippen LogP contribution >= 0.6 is 23.4 Å². The molecule has 0 bridgehead atoms. The molecule has 1 aliphatic heterocycles. The van der Waals surface area contributed by atoms with Crippen LogP contribution in [0.4, 0.5) is 0 Å². The molecule has 2 aliphatic rings. The van der Waals surface area contributed by atoms with Crippen LogP contribution in [0.25, 0.3) is 0 Å². The van der Waals surface area contributed by atoms with Crippen LogP contribution in [0.1, 0.15) is 11.5 Å². The zero-order chi connectivity index (χ0) is 17.3. The summed E-state index contributed by atoms with van der Waals surface area (Å²) in [5.74, 6) is -0.0234. The minimum absolute atomic E-state index is 0.130. The van der Waals surface area contributed by atoms with Gasteiger partial charge in [-0.25, -0.2) is 0 Å². The summed E-state index contributed by atoms with van der Waals surface area (Å²) in [4.78, 5) is 0. The first-order valence-corrected chi connectivity index (χ1v) is 8.97. The van der Waals surface area contributed by atoms with Crippen molar-refractivity contribution >= 4 is 29.1 Å². The molecule has 6 heteroatoms. The number of hydrogen-bond donors (Lipinski definition) is 1. The van der Waals surface area contributed by atoms with Gasteiger partial charge in [-0.15, -0.1) is 0 Å². The molecule has 3 rings (SSSR count). The highest BCUT2D eigenvalue weighted by atomic mass is 35.5. The van der Waals surface area contributed by atoms with Crippen LogP contribution in [-0.2, 0) is 0 Å². The lowest BCUT2D eigenvalue weighted by molar-refractivity contribution is 0.378. The van der Waals surface area contributed by atoms with Crippen molar-refractivity contribution in [2.75, 3.05) is 11.5 Å². The average molecular weight is 353 g/mol. The molecule has 1 saturated carbocycles. The van der Waals surface area contributed by atoms with E-state index in [1.807, 2.05) is 18.2 Å². The van der Waals surface area contributed by atoms with E-state index in [-0.39, 0.29) is 11.6 Å². The van der Waals surface area contributed by atoms with Gasteiger partial charge in [0.15, 0.2) is 5.41 Å². The zero-order valence-electron chi connectivity index (χ0n) is 12.7. The van der Waals surface area contributed by atoms with E-state index in [4.69, 9.17) is 17.0 Å². The predicted molar refractivity (Wildman–Crippen MR) is 93.6 cm³/mol. The Morgan fingerprint density at radius 1 is 1.21 bits per heavy atom. The minimum Gasteiger partial charge on any atom is -0.305 e. The van der Waals surface area contributed by atoms with Crippen molar-refractivity contribution in [1.29, 1.82) is 21.2 Å². The van der Waals surface area contributed by atoms with Crippen molar-refractivity contribution in [1.82, 2.24) is 0 Å². The summed E-state index contributed by atoms with van der Waals surface area (Å²) in [7, 11) is 0. The Morgan fingerprint density at radius 2 is 1.92 bits per heavy atom. The van der Waals surface area contributed by atoms with E-state index in [9.17, 15) is 15.8 Å². The van der Waals surface area contributed by atoms with Crippen molar-refractivity contribution in [3.8, 4) is 18.2 Å². The lowest BCUT2D eigenvalue weighted by Crippen LogP contribution is -2.49. The normalized spacial score (nSPS) is 27.8. The van der Waals surface area contributed by atoms with Crippen LogP contribution in [0.3, 0.4) is 0 Å². The van der Waals surface area contributed by atoms with Gasteiger partial charge < -0.3 is 5.41 Å². The smallest absolute Gasteiger partial charge is 0.189 e. The number of nitrogens with zero attached hydrogens (tertiary/aromatic N) is 3. The molecule has 1 aromatic carbocycles. The van der Waals surface area contributed by atoms with E-state index >= 15 is 0 Å². The van der Waals surface area contributed by atoms with Crippen LogP contribution in [0.5, 0.6) is 0 Å². The highest BCUT2D eigenvalue weighted by molar-refractivity contribution is 7.99. The van der Waals surface area contributed by atoms with Gasteiger partial charge in [-0.05, 0) is 17.2 Å². The fourth-order valence-electron chi connectivity index (χ4n) is 3.68. The third-order valence-corrected chi connectivity index (χ3v) is 6.14. The van der Waals surface area contributed by atoms with E-state index < -0.39 is 17.3 Å². The van der Waals surface area contributed by atoms with Gasteiger partial charge in [0.1, 0.15) is 5.92 Å². The summed E-state index contributed by atoms with van der Waals surface area (Å²) in [6.45, 7) is 0. The Hall–Kier alpha value is -2.26. The molecule has 1 aliphatic carbocycles. The van der Waals surface area contributed by atoms with Gasteiger partial charge in [0.25, 0.3) is 0 Å². The summed E-state index contributed by atoms with van der Waals surface area (Å²) < 4.78 is 0. The summed E-state index contributed by atoms with van der Waals surface area (Å²) in [6, 6.07) is 13.4. The highest BCUT2D eigenvalue weighted by Gasteiger charge is 2.57. The SMILES string of the molecule is N#C[C@H]1C(=N)C(C#N)(C#N)[C@H](c2ccccc2Cl)[C@@H]2CSCC=C12. The quantitative estimate of drug-likeness (QED) is 0.775. The number of nitriles is 3. The van der Waals surface area contributed by atoms with Gasteiger partial charge in [0.05, 0.1) is 23.9 Å². The Labute approximate surface area is 149 Å². The molecule has 1 heterocycles. The summed E-state index contributed by atoms with van der Waals surface area (Å²) in [5, 5.41) is 38.2. The first-order chi connectivity index (χ1) is 11.6. The zero-order valence-corrected chi connectivity index (χ0v) is 14.2. The van der Waals surface area contributed by atoms with E-state index in [0.717, 1.165) is 11.3 Å². The number of fused-ring (bicyclic) bond motifs is 1. The topological polar surface area (TPSA) is 95.2 Å². The van der Waals surface area contributed by atoms with Crippen molar-refractivity contribution in [2.45, 2.75) is 5.92 Å². The number of thioether (sulfide) groups is 1. The van der Waals surface area contributed by atoms with Gasteiger partial charge in [0, 0.05) is 28.4 Å². The molecule has 0 amide bonds. The van der Waals surface area contributed by atoms with Gasteiger partial charge in [0.2, 0.25) is 0 Å². The average Bonchev–Trinajstić information content (AvgIpc) is 2.62. The minimum atomic E-state index is -1.68. The second-order valence-electron chi connectivity index (χ2n) is 5.85. The van der Waals surface area contributed by atoms with Crippen LogP contribution in [0, 0.1) is 56.7 Å². The maximum Gasteiger partial charge on any atom is 0.189 e. The summed E-state index contributed by atoms with van der Waals surface area (Å²) in [6.07, 6.45) is 1.98. The molecule has 1 N–H and O–H groups in total. The molecule has 1 fully saturated rings. The molecule has 4 nitrogen and oxygen atoms in total. The molecule has 118 valence electrons. The summed E-state index contributed by atoms with van der Waals surface area (Å²) >= 11 is 8.07. The standard InChI is InChI=1S/C18H13ClN4S/c19-15-4-2-1-3-12(15)16-14-8-24-6-5-11(14)13(7-20)17(23)18(16,9-21)10-22/h1-5,13-14,16,23H,6,8H2/t13-,14-,16-/m1/s1. The second-order valence-corrected chi connectivity index (χ2v) is 7.34. The van der Waals surface area contributed by atoms with Crippen LogP contribution in [-0.4, -0.2) is 17.2 Å². The van der Waals surface area contributed by atoms with Gasteiger partial charge >= 0.3 is 0 Å². The molecule has 1 aromatic rings. The molecule has 24 heavy (non-hydrogen) atoms. The van der Waals surface area contributed by atoms with Crippen LogP contribution in [0.15, 0.2) is 35.9 Å². The molecule has 0 radical (unpaired) electrons. The molecular weight excluding hydrogens is 340 g/mol. The predicted octanol–water partition coefficient (Wildman–Crippen LogP) is 3.92. The Balaban J connectivity index is 2.29. The van der Waals surface area contributed by atoms with Crippen molar-refractivity contribution in [3.05, 3.63) is 46.5 Å². The number of benzene rings is 1. The van der Waals surface area contributed by atoms with Crippen LogP contribution < -0.4 is 0 Å². The van der Waals surface area contributed by atoms with Crippen molar-refractivity contribution in [2.24, 2.45) is 17.3 Å². The maximum absolute atomic E-state index is 9.85. The Morgan fingerprint density at radius 3 is 2.54 bits per heavy atom. The molecule has 0 spiro atoms. The fraction of sp³-hybridized carbons (Fsp3) is 0.333. The molecule has 0 aromatic heterocycles. The molecular formula is C18H13ClN4S. The molecule has 3 atom stereocenters. The highest BCUT2D eigenvalue weighted by Crippen LogP contribution is 2.55. The van der Waals surface area contributed by atoms with Crippen molar-refractivity contribution < 1.29 is 0 Å². The fourth-order valence-corrected chi connectivity index (χ4v) is 5.02. The lowest BCUT2D eigenvalue weighted by Gasteiger charge is -2.45. The molecule has 0 unspecified atom stereocenters. The number of allylic oxidation sites excluding steroid dienone is 1. The molecule has 0 saturated heterocycles. The monoisotopic (exact) mass is 352 g/mol. The second kappa shape index (κ2) is 6.33. The van der Waals surface area contributed by atoms with Gasteiger partial charge in [-0.1, -0.05) is 35.9 Å². The van der Waals surface area contributed by atoms with E-state index in [1.54, 1.807) is 23.9 Å². The van der Waals surface area contributed by atoms with Gasteiger partial charge in [-0.3, -0.25) is 0 Å². The Kier molecular flexibility index (Phi) is 4.37. The largest absolute Gasteiger partial charge is 0.305 e. The Bertz CT molecular complexity index is 841. The van der Waals surface area contributed by atoms with E-state index in [2.05, 4.69) is 18.2 Å². The van der Waals surface area contributed by atoms with Gasteiger partial charge in [-0.2, -0.15) is 27.5 Å². The number of halogens is 1. The first-order valence-electron chi connectivity index (χ1n) is 7.44. The number of nitrogens with one attached hydrogen (secondary N) is 1. The van der Waals surface area contributed by atoms with E-state index in [1.165, 1.54) is 0 Å². The number of rotatable bonds is 1. The van der Waals surface area contributed by atoms with Crippen LogP contribution in [0.2, 0.25) is 5.02 Å². The van der Waals surface area contributed by atoms with Crippen molar-refractivity contribution in [3.63, 3.8) is 0 Å². The van der Waals surface area contributed by atoms with E-state index in [0.29, 0.717) is 16.3 Å². The number of hydrogen-bond acceptors (Lipinski definition) is 5. The maximum atomic E-state index is 9.85. The lowest BCUT2D eigenvalue weighted by atomic mass is 9.55. The summed E-state index contributed by atoms with van der Waals surface area (Å²) in [5.41, 5.74) is -0.255. The first kappa shape index (κ1) is 16.6. The third kappa shape index (κ3) is 2.23.